The first kappa shape index (κ1) is 24.8. The third kappa shape index (κ3) is 4.35. The molecule has 6 rings (SSSR count). The van der Waals surface area contributed by atoms with Crippen LogP contribution in [0.1, 0.15) is 50.3 Å². The molecule has 0 unspecified atom stereocenters. The van der Waals surface area contributed by atoms with E-state index in [2.05, 4.69) is 90.4 Å². The SMILES string of the molecule is C[C@@H]1CCC=C2C[C@H]3OC(=O)[C@H](CN4CCN(C(c5ccccc5)c5ccccc5)CC4)[C@@H]3[C@@H](O)[C@@]21C. The van der Waals surface area contributed by atoms with Gasteiger partial charge in [-0.1, -0.05) is 86.2 Å². The molecule has 2 aromatic carbocycles. The number of allylic oxidation sites excluding steroid dienone is 1. The second kappa shape index (κ2) is 10.0. The van der Waals surface area contributed by atoms with Gasteiger partial charge in [0.1, 0.15) is 6.10 Å². The van der Waals surface area contributed by atoms with Crippen molar-refractivity contribution in [1.82, 2.24) is 9.80 Å². The van der Waals surface area contributed by atoms with Gasteiger partial charge in [-0.2, -0.15) is 0 Å². The minimum atomic E-state index is -0.536. The molecule has 196 valence electrons. The fourth-order valence-corrected chi connectivity index (χ4v) is 7.64. The molecule has 1 N–H and O–H groups in total. The standard InChI is InChI=1S/C32H40N2O3/c1-22-10-9-15-25-20-27-28(30(35)32(22,25)2)26(31(36)37-27)21-33-16-18-34(19-17-33)29(23-11-5-3-6-12-23)24-13-7-4-8-14-24/h3-8,11-15,22,26-30,35H,9-10,16-21H2,1-2H3/t22-,26-,27-,28+,30-,32-/m1/s1. The zero-order chi connectivity index (χ0) is 25.6. The van der Waals surface area contributed by atoms with E-state index in [1.54, 1.807) is 0 Å². The molecule has 6 atom stereocenters. The molecule has 37 heavy (non-hydrogen) atoms. The summed E-state index contributed by atoms with van der Waals surface area (Å²) in [5, 5.41) is 11.7. The first-order chi connectivity index (χ1) is 18.0. The molecule has 0 aromatic heterocycles. The number of nitrogens with zero attached hydrogens (tertiary/aromatic N) is 2. The van der Waals surface area contributed by atoms with Crippen LogP contribution in [0.4, 0.5) is 0 Å². The maximum absolute atomic E-state index is 13.1. The van der Waals surface area contributed by atoms with Crippen molar-refractivity contribution in [2.45, 2.75) is 51.4 Å². The van der Waals surface area contributed by atoms with Crippen molar-refractivity contribution in [2.75, 3.05) is 32.7 Å². The molecule has 2 aliphatic carbocycles. The normalized spacial score (nSPS) is 34.5. The van der Waals surface area contributed by atoms with Gasteiger partial charge in [-0.25, -0.2) is 0 Å². The van der Waals surface area contributed by atoms with E-state index in [4.69, 9.17) is 4.74 Å². The fraction of sp³-hybridized carbons (Fsp3) is 0.531. The molecule has 0 spiro atoms. The van der Waals surface area contributed by atoms with Crippen LogP contribution < -0.4 is 0 Å². The van der Waals surface area contributed by atoms with E-state index >= 15 is 0 Å². The third-order valence-corrected chi connectivity index (χ3v) is 10.0. The predicted octanol–water partition coefficient (Wildman–Crippen LogP) is 4.68. The minimum Gasteiger partial charge on any atom is -0.461 e. The van der Waals surface area contributed by atoms with Crippen molar-refractivity contribution in [2.24, 2.45) is 23.2 Å². The quantitative estimate of drug-likeness (QED) is 0.477. The van der Waals surface area contributed by atoms with Gasteiger partial charge in [-0.05, 0) is 29.9 Å². The van der Waals surface area contributed by atoms with Crippen LogP contribution in [0.5, 0.6) is 0 Å². The van der Waals surface area contributed by atoms with Crippen LogP contribution in [-0.2, 0) is 9.53 Å². The first-order valence-electron chi connectivity index (χ1n) is 14.1. The maximum Gasteiger partial charge on any atom is 0.311 e. The van der Waals surface area contributed by atoms with Gasteiger partial charge in [0, 0.05) is 50.5 Å². The average Bonchev–Trinajstić information content (AvgIpc) is 3.23. The second-order valence-electron chi connectivity index (χ2n) is 11.9. The molecule has 0 bridgehead atoms. The Labute approximate surface area is 221 Å². The number of esters is 1. The number of benzene rings is 2. The summed E-state index contributed by atoms with van der Waals surface area (Å²) in [4.78, 5) is 18.1. The largest absolute Gasteiger partial charge is 0.461 e. The molecule has 2 aliphatic heterocycles. The zero-order valence-corrected chi connectivity index (χ0v) is 22.1. The fourth-order valence-electron chi connectivity index (χ4n) is 7.64. The summed E-state index contributed by atoms with van der Waals surface area (Å²) < 4.78 is 5.92. The lowest BCUT2D eigenvalue weighted by atomic mass is 9.55. The van der Waals surface area contributed by atoms with Gasteiger partial charge in [0.2, 0.25) is 0 Å². The van der Waals surface area contributed by atoms with Gasteiger partial charge in [-0.15, -0.1) is 0 Å². The number of hydrogen-bond donors (Lipinski definition) is 1. The number of aliphatic hydroxyl groups is 1. The molecule has 3 fully saturated rings. The van der Waals surface area contributed by atoms with E-state index in [0.29, 0.717) is 12.5 Å². The Balaban J connectivity index is 1.16. The number of fused-ring (bicyclic) bond motifs is 2. The molecule has 2 aromatic rings. The van der Waals surface area contributed by atoms with Crippen molar-refractivity contribution >= 4 is 5.97 Å². The van der Waals surface area contributed by atoms with Crippen molar-refractivity contribution in [3.8, 4) is 0 Å². The third-order valence-electron chi connectivity index (χ3n) is 10.0. The minimum absolute atomic E-state index is 0.113. The highest BCUT2D eigenvalue weighted by molar-refractivity contribution is 5.76. The molecule has 0 amide bonds. The summed E-state index contributed by atoms with van der Waals surface area (Å²) in [5.74, 6) is -0.0672. The summed E-state index contributed by atoms with van der Waals surface area (Å²) >= 11 is 0. The number of piperazine rings is 1. The van der Waals surface area contributed by atoms with Crippen molar-refractivity contribution in [1.29, 1.82) is 0 Å². The zero-order valence-electron chi connectivity index (χ0n) is 22.1. The van der Waals surface area contributed by atoms with E-state index in [9.17, 15) is 9.90 Å². The number of carbonyl (C=O) groups is 1. The number of aliphatic hydroxyl groups excluding tert-OH is 1. The monoisotopic (exact) mass is 500 g/mol. The Morgan fingerprint density at radius 3 is 2.24 bits per heavy atom. The molecule has 2 saturated heterocycles. The van der Waals surface area contributed by atoms with Gasteiger partial charge in [0.25, 0.3) is 0 Å². The lowest BCUT2D eigenvalue weighted by Gasteiger charge is -2.52. The second-order valence-corrected chi connectivity index (χ2v) is 11.9. The van der Waals surface area contributed by atoms with Gasteiger partial charge in [0.05, 0.1) is 18.1 Å². The summed E-state index contributed by atoms with van der Waals surface area (Å²) in [5.41, 5.74) is 3.68. The van der Waals surface area contributed by atoms with Gasteiger partial charge in [-0.3, -0.25) is 14.6 Å². The van der Waals surface area contributed by atoms with Crippen molar-refractivity contribution in [3.05, 3.63) is 83.4 Å². The lowest BCUT2D eigenvalue weighted by Crippen LogP contribution is -2.55. The Morgan fingerprint density at radius 2 is 1.62 bits per heavy atom. The Bertz CT molecular complexity index is 1090. The highest BCUT2D eigenvalue weighted by Crippen LogP contribution is 2.56. The Morgan fingerprint density at radius 1 is 1.00 bits per heavy atom. The van der Waals surface area contributed by atoms with Crippen LogP contribution in [-0.4, -0.2) is 65.8 Å². The number of hydrogen-bond acceptors (Lipinski definition) is 5. The van der Waals surface area contributed by atoms with E-state index in [1.807, 2.05) is 0 Å². The van der Waals surface area contributed by atoms with E-state index in [-0.39, 0.29) is 35.4 Å². The van der Waals surface area contributed by atoms with Crippen molar-refractivity contribution < 1.29 is 14.6 Å². The van der Waals surface area contributed by atoms with Crippen LogP contribution >= 0.6 is 0 Å². The molecule has 0 radical (unpaired) electrons. The van der Waals surface area contributed by atoms with Crippen LogP contribution in [0, 0.1) is 23.2 Å². The maximum atomic E-state index is 13.1. The Kier molecular flexibility index (Phi) is 6.72. The van der Waals surface area contributed by atoms with Crippen LogP contribution in [0.3, 0.4) is 0 Å². The highest BCUT2D eigenvalue weighted by Gasteiger charge is 2.59. The predicted molar refractivity (Wildman–Crippen MR) is 145 cm³/mol. The smallest absolute Gasteiger partial charge is 0.311 e. The summed E-state index contributed by atoms with van der Waals surface area (Å²) in [6.07, 6.45) is 4.53. The topological polar surface area (TPSA) is 53.0 Å². The van der Waals surface area contributed by atoms with E-state index in [0.717, 1.165) is 45.4 Å². The Hall–Kier alpha value is -2.47. The molecule has 5 heteroatoms. The summed E-state index contributed by atoms with van der Waals surface area (Å²) in [6, 6.07) is 21.7. The number of ether oxygens (including phenoxy) is 1. The summed E-state index contributed by atoms with van der Waals surface area (Å²) in [6.45, 7) is 8.85. The molecular weight excluding hydrogens is 460 g/mol. The summed E-state index contributed by atoms with van der Waals surface area (Å²) in [7, 11) is 0. The number of rotatable bonds is 5. The van der Waals surface area contributed by atoms with Gasteiger partial charge >= 0.3 is 5.97 Å². The molecule has 4 aliphatic rings. The van der Waals surface area contributed by atoms with Crippen molar-refractivity contribution in [3.63, 3.8) is 0 Å². The highest BCUT2D eigenvalue weighted by atomic mass is 16.6. The molecule has 5 nitrogen and oxygen atoms in total. The lowest BCUT2D eigenvalue weighted by molar-refractivity contribution is -0.145. The van der Waals surface area contributed by atoms with Gasteiger partial charge in [0.15, 0.2) is 0 Å². The molecule has 2 heterocycles. The van der Waals surface area contributed by atoms with E-state index in [1.165, 1.54) is 16.7 Å². The number of carbonyl (C=O) groups excluding carboxylic acids is 1. The first-order valence-corrected chi connectivity index (χ1v) is 14.1. The van der Waals surface area contributed by atoms with E-state index < -0.39 is 6.10 Å². The molecule has 1 saturated carbocycles. The van der Waals surface area contributed by atoms with Crippen LogP contribution in [0.15, 0.2) is 72.3 Å². The molecular formula is C32H40N2O3. The van der Waals surface area contributed by atoms with Gasteiger partial charge < -0.3 is 9.84 Å². The van der Waals surface area contributed by atoms with Crippen LogP contribution in [0.2, 0.25) is 0 Å². The van der Waals surface area contributed by atoms with Crippen LogP contribution in [0.25, 0.3) is 0 Å². The average molecular weight is 501 g/mol.